The third kappa shape index (κ3) is 0.606. The van der Waals surface area contributed by atoms with Crippen molar-refractivity contribution in [1.82, 2.24) is 0 Å². The Balaban J connectivity index is 1.99. The molecule has 0 spiro atoms. The molecule has 3 aliphatic rings. The van der Waals surface area contributed by atoms with Gasteiger partial charge in [-0.05, 0) is 37.0 Å². The molecule has 1 heteroatoms. The van der Waals surface area contributed by atoms with Crippen molar-refractivity contribution in [3.8, 4) is 0 Å². The summed E-state index contributed by atoms with van der Waals surface area (Å²) in [6.45, 7) is 0. The average Bonchev–Trinajstić information content (AvgIpc) is 1.67. The second-order valence-corrected chi connectivity index (χ2v) is 4.50. The van der Waals surface area contributed by atoms with Gasteiger partial charge in [0.15, 0.2) is 0 Å². The largest absolute Gasteiger partial charge is 0.119 e. The number of fused-ring (bicyclic) bond motifs is 2. The lowest BCUT2D eigenvalue weighted by atomic mass is 9.82. The van der Waals surface area contributed by atoms with E-state index in [1.165, 1.54) is 20.2 Å². The van der Waals surface area contributed by atoms with Crippen molar-refractivity contribution in [2.45, 2.75) is 24.9 Å². The summed E-state index contributed by atoms with van der Waals surface area (Å²) in [6, 6.07) is 0. The molecule has 1 unspecified atom stereocenters. The molecule has 0 aromatic rings. The highest BCUT2D eigenvalue weighted by Crippen LogP contribution is 2.48. The van der Waals surface area contributed by atoms with Gasteiger partial charge in [0.05, 0.1) is 0 Å². The van der Waals surface area contributed by atoms with Crippen molar-refractivity contribution in [1.29, 1.82) is 0 Å². The zero-order valence-electron chi connectivity index (χ0n) is 4.48. The van der Waals surface area contributed by atoms with Crippen LogP contribution in [0.2, 0.25) is 0 Å². The molecule has 0 N–H and O–H groups in total. The zero-order valence-corrected chi connectivity index (χ0v) is 5.48. The summed E-state index contributed by atoms with van der Waals surface area (Å²) in [4.78, 5) is 0. The van der Waals surface area contributed by atoms with Crippen molar-refractivity contribution < 1.29 is 0 Å². The lowest BCUT2D eigenvalue weighted by Gasteiger charge is -2.40. The molecule has 1 saturated carbocycles. The van der Waals surface area contributed by atoms with Crippen LogP contribution in [0.3, 0.4) is 0 Å². The Hall–Kier alpha value is 0.430. The lowest BCUT2D eigenvalue weighted by Crippen LogP contribution is -2.30. The van der Waals surface area contributed by atoms with Gasteiger partial charge in [0.25, 0.3) is 0 Å². The fourth-order valence-corrected chi connectivity index (χ4v) is 3.61. The van der Waals surface area contributed by atoms with Gasteiger partial charge < -0.3 is 0 Å². The van der Waals surface area contributed by atoms with Crippen LogP contribution >= 0.6 is 8.58 Å². The van der Waals surface area contributed by atoms with Crippen molar-refractivity contribution >= 4 is 8.58 Å². The molecular weight excluding hydrogens is 103 g/mol. The first-order valence-electron chi connectivity index (χ1n) is 3.18. The first kappa shape index (κ1) is 4.32. The van der Waals surface area contributed by atoms with Crippen molar-refractivity contribution in [2.75, 3.05) is 6.16 Å². The predicted molar refractivity (Wildman–Crippen MR) is 34.3 cm³/mol. The zero-order chi connectivity index (χ0) is 4.69. The Morgan fingerprint density at radius 3 is 2.29 bits per heavy atom. The molecule has 7 heavy (non-hydrogen) atoms. The third-order valence-electron chi connectivity index (χ3n) is 2.22. The summed E-state index contributed by atoms with van der Waals surface area (Å²) < 4.78 is 0. The van der Waals surface area contributed by atoms with Gasteiger partial charge in [-0.15, -0.1) is 8.58 Å². The second-order valence-electron chi connectivity index (χ2n) is 2.78. The minimum Gasteiger partial charge on any atom is -0.119 e. The molecule has 0 radical (unpaired) electrons. The molecule has 0 amide bonds. The fourth-order valence-electron chi connectivity index (χ4n) is 1.63. The van der Waals surface area contributed by atoms with Gasteiger partial charge in [-0.1, -0.05) is 0 Å². The van der Waals surface area contributed by atoms with Gasteiger partial charge in [-0.3, -0.25) is 0 Å². The molecule has 40 valence electrons. The van der Waals surface area contributed by atoms with Crippen LogP contribution in [0, 0.1) is 5.92 Å². The van der Waals surface area contributed by atoms with E-state index in [9.17, 15) is 0 Å². The van der Waals surface area contributed by atoms with E-state index in [1.807, 2.05) is 0 Å². The fraction of sp³-hybridized carbons (Fsp3) is 1.00. The van der Waals surface area contributed by atoms with Gasteiger partial charge in [0.2, 0.25) is 0 Å². The topological polar surface area (TPSA) is 0 Å². The Morgan fingerprint density at radius 2 is 2.14 bits per heavy atom. The second kappa shape index (κ2) is 1.45. The Morgan fingerprint density at radius 1 is 1.29 bits per heavy atom. The number of hydrogen-bond donors (Lipinski definition) is 0. The first-order chi connectivity index (χ1) is 3.45. The first-order valence-corrected chi connectivity index (χ1v) is 4.47. The maximum absolute atomic E-state index is 1.60. The highest BCUT2D eigenvalue weighted by molar-refractivity contribution is 7.39. The van der Waals surface area contributed by atoms with Crippen LogP contribution in [0.5, 0.6) is 0 Å². The Bertz CT molecular complexity index is 60.7. The summed E-state index contributed by atoms with van der Waals surface area (Å²) in [5.74, 6) is 1.19. The molecule has 2 bridgehead atoms. The lowest BCUT2D eigenvalue weighted by molar-refractivity contribution is 0.302. The molecule has 1 atom stereocenters. The standard InChI is InChI=1S/C6H11P/c1-2-7-6-3-5(1)4-6/h5-7H,1-4H2. The van der Waals surface area contributed by atoms with E-state index in [4.69, 9.17) is 0 Å². The molecule has 1 aliphatic carbocycles. The highest BCUT2D eigenvalue weighted by atomic mass is 31.1. The van der Waals surface area contributed by atoms with Crippen LogP contribution in [0.15, 0.2) is 0 Å². The quantitative estimate of drug-likeness (QED) is 0.421. The molecule has 2 heterocycles. The summed E-state index contributed by atoms with van der Waals surface area (Å²) in [7, 11) is 1.34. The van der Waals surface area contributed by atoms with E-state index in [0.717, 1.165) is 0 Å². The Kier molecular flexibility index (Phi) is 0.896. The van der Waals surface area contributed by atoms with Crippen LogP contribution in [0.25, 0.3) is 0 Å². The van der Waals surface area contributed by atoms with Crippen LogP contribution in [0.1, 0.15) is 19.3 Å². The van der Waals surface area contributed by atoms with Crippen LogP contribution in [-0.4, -0.2) is 11.8 Å². The molecule has 0 aromatic carbocycles. The van der Waals surface area contributed by atoms with Crippen LogP contribution < -0.4 is 0 Å². The van der Waals surface area contributed by atoms with E-state index in [1.54, 1.807) is 25.4 Å². The molecule has 2 saturated heterocycles. The van der Waals surface area contributed by atoms with E-state index >= 15 is 0 Å². The highest BCUT2D eigenvalue weighted by Gasteiger charge is 2.32. The van der Waals surface area contributed by atoms with E-state index in [-0.39, 0.29) is 0 Å². The molecular formula is C6H11P. The van der Waals surface area contributed by atoms with Crippen molar-refractivity contribution in [3.63, 3.8) is 0 Å². The minimum atomic E-state index is 1.19. The molecule has 3 fully saturated rings. The summed E-state index contributed by atoms with van der Waals surface area (Å²) in [5.41, 5.74) is 1.21. The van der Waals surface area contributed by atoms with Gasteiger partial charge in [0, 0.05) is 0 Å². The maximum Gasteiger partial charge on any atom is -0.0231 e. The van der Waals surface area contributed by atoms with E-state index < -0.39 is 0 Å². The average molecular weight is 114 g/mol. The normalized spacial score (nSPS) is 51.4. The summed E-state index contributed by atoms with van der Waals surface area (Å²) in [5, 5.41) is 0. The van der Waals surface area contributed by atoms with E-state index in [2.05, 4.69) is 0 Å². The predicted octanol–water partition coefficient (Wildman–Crippen LogP) is 1.85. The van der Waals surface area contributed by atoms with Gasteiger partial charge in [0.1, 0.15) is 0 Å². The monoisotopic (exact) mass is 114 g/mol. The number of rotatable bonds is 0. The van der Waals surface area contributed by atoms with Crippen molar-refractivity contribution in [3.05, 3.63) is 0 Å². The Labute approximate surface area is 46.5 Å². The molecule has 3 rings (SSSR count). The van der Waals surface area contributed by atoms with Gasteiger partial charge in [-0.25, -0.2) is 0 Å². The van der Waals surface area contributed by atoms with Crippen LogP contribution in [-0.2, 0) is 0 Å². The molecule has 2 aliphatic heterocycles. The molecule has 0 aromatic heterocycles. The SMILES string of the molecule is C1CC2CC(C2)P1. The van der Waals surface area contributed by atoms with Gasteiger partial charge >= 0.3 is 0 Å². The maximum atomic E-state index is 1.60. The third-order valence-corrected chi connectivity index (χ3v) is 3.85. The molecule has 0 nitrogen and oxygen atoms in total. The number of hydrogen-bond acceptors (Lipinski definition) is 0. The summed E-state index contributed by atoms with van der Waals surface area (Å²) in [6.07, 6.45) is 6.32. The summed E-state index contributed by atoms with van der Waals surface area (Å²) >= 11 is 0. The van der Waals surface area contributed by atoms with Gasteiger partial charge in [-0.2, -0.15) is 0 Å². The smallest absolute Gasteiger partial charge is 0.0231 e. The van der Waals surface area contributed by atoms with E-state index in [0.29, 0.717) is 0 Å². The van der Waals surface area contributed by atoms with Crippen LogP contribution in [0.4, 0.5) is 0 Å². The van der Waals surface area contributed by atoms with Crippen molar-refractivity contribution in [2.24, 2.45) is 5.92 Å². The minimum absolute atomic E-state index is 1.19.